The van der Waals surface area contributed by atoms with E-state index in [1.54, 1.807) is 6.92 Å². The van der Waals surface area contributed by atoms with Gasteiger partial charge in [0.15, 0.2) is 0 Å². The van der Waals surface area contributed by atoms with Crippen molar-refractivity contribution in [1.82, 2.24) is 5.32 Å². The lowest BCUT2D eigenvalue weighted by Crippen LogP contribution is -2.43. The Balaban J connectivity index is 3.88. The fraction of sp³-hybridized carbons (Fsp3) is 0.667. The van der Waals surface area contributed by atoms with Gasteiger partial charge in [-0.2, -0.15) is 0 Å². The molecule has 2 atom stereocenters. The zero-order chi connectivity index (χ0) is 9.56. The predicted molar refractivity (Wildman–Crippen MR) is 49.3 cm³/mol. The van der Waals surface area contributed by atoms with Gasteiger partial charge in [0.1, 0.15) is 0 Å². The second-order valence-corrected chi connectivity index (χ2v) is 2.81. The molecule has 0 aromatic carbocycles. The Kier molecular flexibility index (Phi) is 5.14. The summed E-state index contributed by atoms with van der Waals surface area (Å²) in [5.74, 6) is 2.31. The largest absolute Gasteiger partial charge is 0.341 e. The molecule has 0 heterocycles. The van der Waals surface area contributed by atoms with Crippen LogP contribution in [0.25, 0.3) is 0 Å². The molecule has 0 aromatic rings. The topological polar surface area (TPSA) is 55.1 Å². The number of carbonyl (C=O) groups excluding carboxylic acids is 1. The third kappa shape index (κ3) is 3.99. The monoisotopic (exact) mass is 168 g/mol. The minimum absolute atomic E-state index is 0.173. The van der Waals surface area contributed by atoms with Gasteiger partial charge in [-0.1, -0.05) is 19.3 Å². The van der Waals surface area contributed by atoms with E-state index in [4.69, 9.17) is 12.2 Å². The van der Waals surface area contributed by atoms with Crippen molar-refractivity contribution in [2.75, 3.05) is 0 Å². The van der Waals surface area contributed by atoms with Gasteiger partial charge in [0, 0.05) is 0 Å². The number of hydrogen-bond donors (Lipinski definition) is 2. The van der Waals surface area contributed by atoms with Crippen LogP contribution in [-0.2, 0) is 4.79 Å². The summed E-state index contributed by atoms with van der Waals surface area (Å²) in [5.41, 5.74) is 5.35. The molecule has 68 valence electrons. The van der Waals surface area contributed by atoms with Crippen LogP contribution in [0.3, 0.4) is 0 Å². The Morgan fingerprint density at radius 2 is 2.33 bits per heavy atom. The predicted octanol–water partition coefficient (Wildman–Crippen LogP) is 0.252. The Hall–Kier alpha value is -1.01. The average molecular weight is 168 g/mol. The lowest BCUT2D eigenvalue weighted by Gasteiger charge is -2.13. The molecule has 0 aromatic heterocycles. The molecule has 3 heteroatoms. The number of terminal acetylenes is 1. The van der Waals surface area contributed by atoms with Crippen molar-refractivity contribution in [1.29, 1.82) is 0 Å². The van der Waals surface area contributed by atoms with Crippen molar-refractivity contribution in [3.05, 3.63) is 0 Å². The van der Waals surface area contributed by atoms with E-state index < -0.39 is 6.04 Å². The Morgan fingerprint density at radius 1 is 1.75 bits per heavy atom. The van der Waals surface area contributed by atoms with Crippen LogP contribution in [0.2, 0.25) is 0 Å². The van der Waals surface area contributed by atoms with Crippen molar-refractivity contribution in [2.45, 2.75) is 38.8 Å². The fourth-order valence-electron chi connectivity index (χ4n) is 0.789. The van der Waals surface area contributed by atoms with Gasteiger partial charge in [-0.15, -0.1) is 6.42 Å². The minimum atomic E-state index is -0.488. The summed E-state index contributed by atoms with van der Waals surface area (Å²) < 4.78 is 0. The zero-order valence-electron chi connectivity index (χ0n) is 7.63. The highest BCUT2D eigenvalue weighted by atomic mass is 16.2. The maximum Gasteiger partial charge on any atom is 0.237 e. The molecule has 0 saturated carbocycles. The molecule has 0 rings (SSSR count). The SMILES string of the molecule is C#CC(CCC)NC(=O)[C@@H](C)N. The second kappa shape index (κ2) is 5.62. The summed E-state index contributed by atoms with van der Waals surface area (Å²) in [7, 11) is 0. The first-order chi connectivity index (χ1) is 5.61. The Morgan fingerprint density at radius 3 is 2.67 bits per heavy atom. The third-order valence-corrected chi connectivity index (χ3v) is 1.51. The van der Waals surface area contributed by atoms with Crippen LogP contribution < -0.4 is 11.1 Å². The number of rotatable bonds is 4. The first kappa shape index (κ1) is 11.0. The van der Waals surface area contributed by atoms with E-state index in [0.29, 0.717) is 0 Å². The van der Waals surface area contributed by atoms with E-state index in [2.05, 4.69) is 11.2 Å². The van der Waals surface area contributed by atoms with E-state index in [9.17, 15) is 4.79 Å². The van der Waals surface area contributed by atoms with Crippen molar-refractivity contribution in [3.63, 3.8) is 0 Å². The van der Waals surface area contributed by atoms with Gasteiger partial charge in [-0.3, -0.25) is 4.79 Å². The van der Waals surface area contributed by atoms with Crippen molar-refractivity contribution < 1.29 is 4.79 Å². The summed E-state index contributed by atoms with van der Waals surface area (Å²) in [6, 6.07) is -0.661. The molecule has 0 aliphatic carbocycles. The average Bonchev–Trinajstić information content (AvgIpc) is 2.03. The maximum atomic E-state index is 11.1. The highest BCUT2D eigenvalue weighted by molar-refractivity contribution is 5.81. The molecule has 0 aliphatic rings. The van der Waals surface area contributed by atoms with Crippen LogP contribution in [0.15, 0.2) is 0 Å². The number of nitrogens with one attached hydrogen (secondary N) is 1. The molecule has 0 fully saturated rings. The van der Waals surface area contributed by atoms with E-state index in [1.165, 1.54) is 0 Å². The summed E-state index contributed by atoms with van der Waals surface area (Å²) in [4.78, 5) is 11.1. The van der Waals surface area contributed by atoms with Gasteiger partial charge in [0.05, 0.1) is 12.1 Å². The molecule has 3 nitrogen and oxygen atoms in total. The normalized spacial score (nSPS) is 14.5. The van der Waals surface area contributed by atoms with Crippen LogP contribution >= 0.6 is 0 Å². The van der Waals surface area contributed by atoms with E-state index in [-0.39, 0.29) is 11.9 Å². The van der Waals surface area contributed by atoms with E-state index in [1.807, 2.05) is 6.92 Å². The van der Waals surface area contributed by atoms with Gasteiger partial charge < -0.3 is 11.1 Å². The molecule has 0 aliphatic heterocycles. The maximum absolute atomic E-state index is 11.1. The molecule has 1 unspecified atom stereocenters. The lowest BCUT2D eigenvalue weighted by molar-refractivity contribution is -0.122. The Labute approximate surface area is 73.7 Å². The summed E-state index contributed by atoms with van der Waals surface area (Å²) >= 11 is 0. The molecule has 1 amide bonds. The van der Waals surface area contributed by atoms with E-state index >= 15 is 0 Å². The van der Waals surface area contributed by atoms with Crippen LogP contribution in [-0.4, -0.2) is 18.0 Å². The first-order valence-electron chi connectivity index (χ1n) is 4.13. The third-order valence-electron chi connectivity index (χ3n) is 1.51. The van der Waals surface area contributed by atoms with Gasteiger partial charge in [0.2, 0.25) is 5.91 Å². The van der Waals surface area contributed by atoms with E-state index in [0.717, 1.165) is 12.8 Å². The number of carbonyl (C=O) groups is 1. The summed E-state index contributed by atoms with van der Waals surface area (Å²) in [6.45, 7) is 3.65. The summed E-state index contributed by atoms with van der Waals surface area (Å²) in [6.07, 6.45) is 6.95. The first-order valence-corrected chi connectivity index (χ1v) is 4.13. The standard InChI is InChI=1S/C9H16N2O/c1-4-6-8(5-2)11-9(12)7(3)10/h2,7-8H,4,6,10H2,1,3H3,(H,11,12)/t7-,8?/m1/s1. The molecule has 12 heavy (non-hydrogen) atoms. The Bertz CT molecular complexity index is 181. The molecule has 0 saturated heterocycles. The molecule has 0 bridgehead atoms. The van der Waals surface area contributed by atoms with Crippen molar-refractivity contribution >= 4 is 5.91 Å². The second-order valence-electron chi connectivity index (χ2n) is 2.81. The van der Waals surface area contributed by atoms with Gasteiger partial charge in [-0.25, -0.2) is 0 Å². The molecular formula is C9H16N2O. The molecule has 0 radical (unpaired) electrons. The lowest BCUT2D eigenvalue weighted by atomic mass is 10.1. The highest BCUT2D eigenvalue weighted by Crippen LogP contribution is 1.94. The highest BCUT2D eigenvalue weighted by Gasteiger charge is 2.11. The van der Waals surface area contributed by atoms with Gasteiger partial charge in [-0.05, 0) is 13.3 Å². The quantitative estimate of drug-likeness (QED) is 0.591. The number of hydrogen-bond acceptors (Lipinski definition) is 2. The molecule has 0 spiro atoms. The number of nitrogens with two attached hydrogens (primary N) is 1. The summed E-state index contributed by atoms with van der Waals surface area (Å²) in [5, 5.41) is 2.67. The van der Waals surface area contributed by atoms with Crippen molar-refractivity contribution in [3.8, 4) is 12.3 Å². The fourth-order valence-corrected chi connectivity index (χ4v) is 0.789. The number of amides is 1. The van der Waals surface area contributed by atoms with Crippen LogP contribution in [0.4, 0.5) is 0 Å². The smallest absolute Gasteiger partial charge is 0.237 e. The van der Waals surface area contributed by atoms with Crippen LogP contribution in [0, 0.1) is 12.3 Å². The van der Waals surface area contributed by atoms with Crippen molar-refractivity contribution in [2.24, 2.45) is 5.73 Å². The van der Waals surface area contributed by atoms with Gasteiger partial charge in [0.25, 0.3) is 0 Å². The molecule has 3 N–H and O–H groups in total. The zero-order valence-corrected chi connectivity index (χ0v) is 7.63. The minimum Gasteiger partial charge on any atom is -0.341 e. The van der Waals surface area contributed by atoms with Crippen LogP contribution in [0.1, 0.15) is 26.7 Å². The van der Waals surface area contributed by atoms with Gasteiger partial charge >= 0.3 is 0 Å². The molecular weight excluding hydrogens is 152 g/mol. The van der Waals surface area contributed by atoms with Crippen LogP contribution in [0.5, 0.6) is 0 Å².